The molecule has 2 nitrogen and oxygen atoms in total. The maximum atomic E-state index is 10.3. The van der Waals surface area contributed by atoms with Crippen molar-refractivity contribution in [2.24, 2.45) is 0 Å². The Hall–Kier alpha value is 0.200. The van der Waals surface area contributed by atoms with Gasteiger partial charge in [-0.25, -0.2) is 0 Å². The van der Waals surface area contributed by atoms with Gasteiger partial charge in [0.2, 0.25) is 0 Å². The first kappa shape index (κ1) is 12.7. The maximum absolute atomic E-state index is 10.3. The van der Waals surface area contributed by atoms with Gasteiger partial charge >= 0.3 is 0 Å². The number of hydrogen-bond acceptors (Lipinski definition) is 4. The van der Waals surface area contributed by atoms with E-state index in [-0.39, 0.29) is 0 Å². The summed E-state index contributed by atoms with van der Waals surface area (Å²) in [6, 6.07) is 0. The Balaban J connectivity index is 1.94. The first-order valence-corrected chi connectivity index (χ1v) is 7.95. The fourth-order valence-corrected chi connectivity index (χ4v) is 4.92. The van der Waals surface area contributed by atoms with Gasteiger partial charge < -0.3 is 9.84 Å². The summed E-state index contributed by atoms with van der Waals surface area (Å²) in [4.78, 5) is 0. The van der Waals surface area contributed by atoms with Crippen molar-refractivity contribution < 1.29 is 9.84 Å². The van der Waals surface area contributed by atoms with Crippen molar-refractivity contribution in [3.05, 3.63) is 11.8 Å². The van der Waals surface area contributed by atoms with Gasteiger partial charge in [0.05, 0.1) is 6.61 Å². The second kappa shape index (κ2) is 5.69. The van der Waals surface area contributed by atoms with E-state index in [1.807, 2.05) is 23.5 Å². The SMILES string of the molecule is CC1SCC(C(O)C2=CCCCO2)SC1C. The summed E-state index contributed by atoms with van der Waals surface area (Å²) < 4.78 is 5.54. The third-order valence-corrected chi connectivity index (χ3v) is 6.66. The van der Waals surface area contributed by atoms with E-state index in [0.717, 1.165) is 31.0 Å². The van der Waals surface area contributed by atoms with Gasteiger partial charge in [0.1, 0.15) is 11.9 Å². The fourth-order valence-electron chi connectivity index (χ4n) is 1.94. The van der Waals surface area contributed by atoms with Crippen LogP contribution in [0.25, 0.3) is 0 Å². The zero-order valence-electron chi connectivity index (χ0n) is 9.89. The molecule has 0 aliphatic carbocycles. The lowest BCUT2D eigenvalue weighted by atomic mass is 10.1. The molecule has 16 heavy (non-hydrogen) atoms. The number of ether oxygens (including phenoxy) is 1. The van der Waals surface area contributed by atoms with Gasteiger partial charge in [0.15, 0.2) is 0 Å². The molecule has 2 aliphatic heterocycles. The van der Waals surface area contributed by atoms with Crippen molar-refractivity contribution in [3.63, 3.8) is 0 Å². The molecular formula is C12H20O2S2. The van der Waals surface area contributed by atoms with E-state index in [9.17, 15) is 5.11 Å². The lowest BCUT2D eigenvalue weighted by Crippen LogP contribution is -2.36. The summed E-state index contributed by atoms with van der Waals surface area (Å²) in [7, 11) is 0. The van der Waals surface area contributed by atoms with Crippen molar-refractivity contribution >= 4 is 23.5 Å². The molecule has 0 amide bonds. The molecular weight excluding hydrogens is 240 g/mol. The molecule has 1 N–H and O–H groups in total. The molecule has 2 aliphatic rings. The summed E-state index contributed by atoms with van der Waals surface area (Å²) >= 11 is 3.87. The van der Waals surface area contributed by atoms with Gasteiger partial charge in [-0.2, -0.15) is 23.5 Å². The van der Waals surface area contributed by atoms with Crippen LogP contribution in [0, 0.1) is 0 Å². The molecule has 2 rings (SSSR count). The highest BCUT2D eigenvalue weighted by Gasteiger charge is 2.33. The van der Waals surface area contributed by atoms with Crippen LogP contribution in [0.3, 0.4) is 0 Å². The van der Waals surface area contributed by atoms with E-state index in [1.165, 1.54) is 0 Å². The van der Waals surface area contributed by atoms with Crippen LogP contribution in [0.5, 0.6) is 0 Å². The van der Waals surface area contributed by atoms with Gasteiger partial charge in [-0.05, 0) is 18.9 Å². The number of thioether (sulfide) groups is 2. The fraction of sp³-hybridized carbons (Fsp3) is 0.833. The average molecular weight is 260 g/mol. The highest BCUT2D eigenvalue weighted by Crippen LogP contribution is 2.38. The highest BCUT2D eigenvalue weighted by atomic mass is 32.2. The molecule has 4 atom stereocenters. The molecule has 0 aromatic carbocycles. The number of hydrogen-bond donors (Lipinski definition) is 1. The Morgan fingerprint density at radius 3 is 2.88 bits per heavy atom. The van der Waals surface area contributed by atoms with Crippen molar-refractivity contribution in [1.82, 2.24) is 0 Å². The Bertz CT molecular complexity index is 268. The monoisotopic (exact) mass is 260 g/mol. The Labute approximate surface area is 106 Å². The summed E-state index contributed by atoms with van der Waals surface area (Å²) in [5.41, 5.74) is 0. The van der Waals surface area contributed by atoms with Crippen LogP contribution in [0.2, 0.25) is 0 Å². The largest absolute Gasteiger partial charge is 0.495 e. The van der Waals surface area contributed by atoms with Gasteiger partial charge in [-0.1, -0.05) is 13.8 Å². The smallest absolute Gasteiger partial charge is 0.123 e. The predicted molar refractivity (Wildman–Crippen MR) is 72.0 cm³/mol. The standard InChI is InChI=1S/C12H20O2S2/c1-8-9(2)16-11(7-15-8)12(13)10-5-3-4-6-14-10/h5,8-9,11-13H,3-4,6-7H2,1-2H3. The molecule has 1 saturated heterocycles. The van der Waals surface area contributed by atoms with Gasteiger partial charge in [0.25, 0.3) is 0 Å². The van der Waals surface area contributed by atoms with E-state index in [4.69, 9.17) is 4.74 Å². The first-order chi connectivity index (χ1) is 7.68. The van der Waals surface area contributed by atoms with E-state index in [1.54, 1.807) is 0 Å². The topological polar surface area (TPSA) is 29.5 Å². The highest BCUT2D eigenvalue weighted by molar-refractivity contribution is 8.07. The third-order valence-electron chi connectivity index (χ3n) is 3.18. The Morgan fingerprint density at radius 2 is 2.25 bits per heavy atom. The second-order valence-electron chi connectivity index (χ2n) is 4.46. The predicted octanol–water partition coefficient (Wildman–Crippen LogP) is 2.67. The zero-order valence-corrected chi connectivity index (χ0v) is 11.5. The summed E-state index contributed by atoms with van der Waals surface area (Å²) in [5, 5.41) is 11.9. The Kier molecular flexibility index (Phi) is 4.50. The van der Waals surface area contributed by atoms with Crippen LogP contribution >= 0.6 is 23.5 Å². The second-order valence-corrected chi connectivity index (χ2v) is 7.49. The van der Waals surface area contributed by atoms with Crippen LogP contribution in [-0.2, 0) is 4.74 Å². The zero-order chi connectivity index (χ0) is 11.5. The van der Waals surface area contributed by atoms with Crippen LogP contribution in [0.4, 0.5) is 0 Å². The molecule has 0 aromatic rings. The van der Waals surface area contributed by atoms with Gasteiger partial charge in [-0.15, -0.1) is 0 Å². The minimum atomic E-state index is -0.409. The summed E-state index contributed by atoms with van der Waals surface area (Å²) in [5.74, 6) is 1.84. The first-order valence-electron chi connectivity index (χ1n) is 5.96. The van der Waals surface area contributed by atoms with Crippen LogP contribution in [0.15, 0.2) is 11.8 Å². The number of aliphatic hydroxyl groups excluding tert-OH is 1. The van der Waals surface area contributed by atoms with Crippen molar-refractivity contribution in [1.29, 1.82) is 0 Å². The molecule has 0 radical (unpaired) electrons. The minimum Gasteiger partial charge on any atom is -0.495 e. The van der Waals surface area contributed by atoms with Crippen molar-refractivity contribution in [3.8, 4) is 0 Å². The lowest BCUT2D eigenvalue weighted by molar-refractivity contribution is 0.0929. The number of rotatable bonds is 2. The normalized spacial score (nSPS) is 37.4. The molecule has 0 bridgehead atoms. The van der Waals surface area contributed by atoms with E-state index >= 15 is 0 Å². The van der Waals surface area contributed by atoms with E-state index in [2.05, 4.69) is 19.9 Å². The molecule has 0 saturated carbocycles. The summed E-state index contributed by atoms with van der Waals surface area (Å²) in [6.07, 6.45) is 3.77. The van der Waals surface area contributed by atoms with Crippen molar-refractivity contribution in [2.75, 3.05) is 12.4 Å². The average Bonchev–Trinajstić information content (AvgIpc) is 2.33. The minimum absolute atomic E-state index is 0.292. The quantitative estimate of drug-likeness (QED) is 0.826. The number of aliphatic hydroxyl groups is 1. The van der Waals surface area contributed by atoms with Crippen molar-refractivity contribution in [2.45, 2.75) is 48.5 Å². The van der Waals surface area contributed by atoms with Gasteiger partial charge in [-0.3, -0.25) is 0 Å². The number of allylic oxidation sites excluding steroid dienone is 1. The molecule has 4 heteroatoms. The summed E-state index contributed by atoms with van der Waals surface area (Å²) in [6.45, 7) is 5.28. The van der Waals surface area contributed by atoms with Crippen LogP contribution in [0.1, 0.15) is 26.7 Å². The van der Waals surface area contributed by atoms with Crippen LogP contribution < -0.4 is 0 Å². The van der Waals surface area contributed by atoms with Crippen LogP contribution in [-0.4, -0.2) is 39.3 Å². The van der Waals surface area contributed by atoms with Gasteiger partial charge in [0, 0.05) is 21.5 Å². The molecule has 1 fully saturated rings. The molecule has 2 heterocycles. The third kappa shape index (κ3) is 2.90. The molecule has 92 valence electrons. The molecule has 4 unspecified atom stereocenters. The molecule has 0 spiro atoms. The van der Waals surface area contributed by atoms with E-state index in [0.29, 0.717) is 15.7 Å². The lowest BCUT2D eigenvalue weighted by Gasteiger charge is -2.34. The molecule has 0 aromatic heterocycles. The van der Waals surface area contributed by atoms with E-state index < -0.39 is 6.10 Å². The maximum Gasteiger partial charge on any atom is 0.123 e. The Morgan fingerprint density at radius 1 is 1.44 bits per heavy atom.